The second-order valence-electron chi connectivity index (χ2n) is 9.67. The van der Waals surface area contributed by atoms with Gasteiger partial charge < -0.3 is 19.7 Å². The van der Waals surface area contributed by atoms with E-state index >= 15 is 0 Å². The number of nitrogens with one attached hydrogen (secondary N) is 1. The zero-order valence-electron chi connectivity index (χ0n) is 24.1. The van der Waals surface area contributed by atoms with E-state index in [1.165, 1.54) is 25.2 Å². The SMILES string of the molecule is CCCCNC(=O)[C@H](Cc1ccccc1)N(Cc1ccccc1)C(=O)CN(c1ccc(OC)c(OC)c1)S(C)(=O)=O. The summed E-state index contributed by atoms with van der Waals surface area (Å²) in [7, 11) is -0.967. The molecule has 2 amide bonds. The minimum absolute atomic E-state index is 0.127. The van der Waals surface area contributed by atoms with Gasteiger partial charge in [-0.2, -0.15) is 0 Å². The van der Waals surface area contributed by atoms with E-state index in [2.05, 4.69) is 5.32 Å². The average molecular weight is 582 g/mol. The molecule has 0 saturated carbocycles. The molecular formula is C31H39N3O6S. The van der Waals surface area contributed by atoms with Crippen LogP contribution in [0.1, 0.15) is 30.9 Å². The number of methoxy groups -OCH3 is 2. The highest BCUT2D eigenvalue weighted by molar-refractivity contribution is 7.92. The fourth-order valence-corrected chi connectivity index (χ4v) is 5.28. The van der Waals surface area contributed by atoms with Crippen LogP contribution < -0.4 is 19.1 Å². The summed E-state index contributed by atoms with van der Waals surface area (Å²) < 4.78 is 37.6. The molecule has 0 aliphatic rings. The molecule has 0 spiro atoms. The van der Waals surface area contributed by atoms with Gasteiger partial charge in [0.1, 0.15) is 12.6 Å². The predicted octanol–water partition coefficient (Wildman–Crippen LogP) is 4.03. The molecule has 3 aromatic carbocycles. The third-order valence-electron chi connectivity index (χ3n) is 6.63. The number of ether oxygens (including phenoxy) is 2. The van der Waals surface area contributed by atoms with Gasteiger partial charge in [-0.1, -0.05) is 74.0 Å². The summed E-state index contributed by atoms with van der Waals surface area (Å²) in [5, 5.41) is 2.97. The molecule has 9 nitrogen and oxygen atoms in total. The third kappa shape index (κ3) is 8.97. The Bertz CT molecular complexity index is 1380. The number of unbranched alkanes of at least 4 members (excludes halogenated alkanes) is 1. The molecule has 0 aliphatic carbocycles. The van der Waals surface area contributed by atoms with Gasteiger partial charge in [0.25, 0.3) is 0 Å². The first-order valence-electron chi connectivity index (χ1n) is 13.5. The van der Waals surface area contributed by atoms with Crippen molar-refractivity contribution in [2.75, 3.05) is 37.9 Å². The molecule has 0 heterocycles. The Hall–Kier alpha value is -4.05. The van der Waals surface area contributed by atoms with Crippen LogP contribution in [0.25, 0.3) is 0 Å². The van der Waals surface area contributed by atoms with Gasteiger partial charge in [0.15, 0.2) is 11.5 Å². The molecule has 10 heteroatoms. The van der Waals surface area contributed by atoms with Gasteiger partial charge in [0.05, 0.1) is 26.2 Å². The first-order chi connectivity index (χ1) is 19.7. The van der Waals surface area contributed by atoms with Crippen LogP contribution in [0.5, 0.6) is 11.5 Å². The number of hydrogen-bond acceptors (Lipinski definition) is 6. The smallest absolute Gasteiger partial charge is 0.244 e. The van der Waals surface area contributed by atoms with E-state index in [1.54, 1.807) is 12.1 Å². The van der Waals surface area contributed by atoms with E-state index in [9.17, 15) is 18.0 Å². The molecule has 220 valence electrons. The average Bonchev–Trinajstić information content (AvgIpc) is 2.97. The lowest BCUT2D eigenvalue weighted by atomic mass is 10.0. The van der Waals surface area contributed by atoms with Crippen molar-refractivity contribution in [3.63, 3.8) is 0 Å². The summed E-state index contributed by atoms with van der Waals surface area (Å²) in [6.07, 6.45) is 3.02. The van der Waals surface area contributed by atoms with Crippen molar-refractivity contribution in [1.29, 1.82) is 0 Å². The molecule has 0 radical (unpaired) electrons. The second kappa shape index (κ2) is 15.1. The Morgan fingerprint density at radius 3 is 2.05 bits per heavy atom. The van der Waals surface area contributed by atoms with Crippen molar-refractivity contribution in [1.82, 2.24) is 10.2 Å². The molecule has 0 aliphatic heterocycles. The highest BCUT2D eigenvalue weighted by Gasteiger charge is 2.33. The van der Waals surface area contributed by atoms with Crippen molar-refractivity contribution in [2.24, 2.45) is 0 Å². The van der Waals surface area contributed by atoms with Crippen LogP contribution in [0, 0.1) is 0 Å². The van der Waals surface area contributed by atoms with Gasteiger partial charge in [0.2, 0.25) is 21.8 Å². The summed E-state index contributed by atoms with van der Waals surface area (Å²) in [5.74, 6) is -0.0536. The summed E-state index contributed by atoms with van der Waals surface area (Å²) >= 11 is 0. The molecule has 1 N–H and O–H groups in total. The maximum Gasteiger partial charge on any atom is 0.244 e. The second-order valence-corrected chi connectivity index (χ2v) is 11.6. The van der Waals surface area contributed by atoms with Crippen molar-refractivity contribution in [3.05, 3.63) is 90.0 Å². The van der Waals surface area contributed by atoms with Crippen molar-refractivity contribution >= 4 is 27.5 Å². The topological polar surface area (TPSA) is 105 Å². The van der Waals surface area contributed by atoms with Crippen LogP contribution in [-0.2, 0) is 32.6 Å². The molecule has 0 saturated heterocycles. The maximum absolute atomic E-state index is 14.1. The third-order valence-corrected chi connectivity index (χ3v) is 7.77. The van der Waals surface area contributed by atoms with Crippen molar-refractivity contribution < 1.29 is 27.5 Å². The monoisotopic (exact) mass is 581 g/mol. The zero-order valence-corrected chi connectivity index (χ0v) is 24.9. The standard InChI is InChI=1S/C31H39N3O6S/c1-5-6-19-32-31(36)27(20-24-13-9-7-10-14-24)33(22-25-15-11-8-12-16-25)30(35)23-34(41(4,37)38)26-17-18-28(39-2)29(21-26)40-3/h7-18,21,27H,5-6,19-20,22-23H2,1-4H3,(H,32,36)/t27-/m0/s1. The van der Waals surface area contributed by atoms with E-state index in [0.29, 0.717) is 18.0 Å². The number of carbonyl (C=O) groups is 2. The lowest BCUT2D eigenvalue weighted by Crippen LogP contribution is -2.53. The molecule has 1 atom stereocenters. The number of hydrogen-bond donors (Lipinski definition) is 1. The normalized spacial score (nSPS) is 11.8. The fourth-order valence-electron chi connectivity index (χ4n) is 4.43. The Balaban J connectivity index is 2.03. The number of nitrogens with zero attached hydrogens (tertiary/aromatic N) is 2. The summed E-state index contributed by atoms with van der Waals surface area (Å²) in [6, 6.07) is 22.6. The Labute approximate surface area is 243 Å². The maximum atomic E-state index is 14.1. The molecule has 3 rings (SSSR count). The Morgan fingerprint density at radius 2 is 1.49 bits per heavy atom. The van der Waals surface area contributed by atoms with Crippen LogP contribution in [0.15, 0.2) is 78.9 Å². The molecule has 0 bridgehead atoms. The van der Waals surface area contributed by atoms with E-state index in [0.717, 1.165) is 34.5 Å². The molecule has 0 aromatic heterocycles. The van der Waals surface area contributed by atoms with Gasteiger partial charge in [0, 0.05) is 25.6 Å². The highest BCUT2D eigenvalue weighted by atomic mass is 32.2. The number of rotatable bonds is 15. The largest absolute Gasteiger partial charge is 0.493 e. The number of carbonyl (C=O) groups excluding carboxylic acids is 2. The first-order valence-corrected chi connectivity index (χ1v) is 15.4. The minimum atomic E-state index is -3.90. The fraction of sp³-hybridized carbons (Fsp3) is 0.355. The predicted molar refractivity (Wildman–Crippen MR) is 161 cm³/mol. The van der Waals surface area contributed by atoms with Crippen LogP contribution in [0.3, 0.4) is 0 Å². The van der Waals surface area contributed by atoms with Gasteiger partial charge >= 0.3 is 0 Å². The lowest BCUT2D eigenvalue weighted by Gasteiger charge is -2.33. The quantitative estimate of drug-likeness (QED) is 0.272. The highest BCUT2D eigenvalue weighted by Crippen LogP contribution is 2.32. The Kier molecular flexibility index (Phi) is 11.6. The summed E-state index contributed by atoms with van der Waals surface area (Å²) in [5.41, 5.74) is 1.94. The van der Waals surface area contributed by atoms with Crippen molar-refractivity contribution in [2.45, 2.75) is 38.8 Å². The van der Waals surface area contributed by atoms with Gasteiger partial charge in [-0.25, -0.2) is 8.42 Å². The van der Waals surface area contributed by atoms with Gasteiger partial charge in [-0.3, -0.25) is 13.9 Å². The van der Waals surface area contributed by atoms with Crippen LogP contribution in [0.2, 0.25) is 0 Å². The number of amides is 2. The summed E-state index contributed by atoms with van der Waals surface area (Å²) in [4.78, 5) is 29.2. The van der Waals surface area contributed by atoms with E-state index in [4.69, 9.17) is 9.47 Å². The number of sulfonamides is 1. The zero-order chi connectivity index (χ0) is 29.8. The molecule has 41 heavy (non-hydrogen) atoms. The van der Waals surface area contributed by atoms with Crippen LogP contribution in [0.4, 0.5) is 5.69 Å². The molecule has 0 fully saturated rings. The minimum Gasteiger partial charge on any atom is -0.493 e. The summed E-state index contributed by atoms with van der Waals surface area (Å²) in [6.45, 7) is 2.14. The van der Waals surface area contributed by atoms with Crippen molar-refractivity contribution in [3.8, 4) is 11.5 Å². The van der Waals surface area contributed by atoms with Gasteiger partial charge in [-0.05, 0) is 29.7 Å². The molecule has 0 unspecified atom stereocenters. The lowest BCUT2D eigenvalue weighted by molar-refractivity contribution is -0.140. The first kappa shape index (κ1) is 31.5. The Morgan fingerprint density at radius 1 is 0.878 bits per heavy atom. The molecular weight excluding hydrogens is 542 g/mol. The van der Waals surface area contributed by atoms with E-state index in [-0.39, 0.29) is 24.6 Å². The molecule has 3 aromatic rings. The number of benzene rings is 3. The van der Waals surface area contributed by atoms with E-state index < -0.39 is 28.5 Å². The van der Waals surface area contributed by atoms with Crippen LogP contribution >= 0.6 is 0 Å². The van der Waals surface area contributed by atoms with Gasteiger partial charge in [-0.15, -0.1) is 0 Å². The van der Waals surface area contributed by atoms with Crippen LogP contribution in [-0.4, -0.2) is 64.7 Å². The number of anilines is 1. The van der Waals surface area contributed by atoms with E-state index in [1.807, 2.05) is 67.6 Å².